The van der Waals surface area contributed by atoms with Crippen molar-refractivity contribution in [3.05, 3.63) is 89.5 Å². The third-order valence-electron chi connectivity index (χ3n) is 4.68. The average molecular weight is 491 g/mol. The van der Waals surface area contributed by atoms with Gasteiger partial charge in [0.15, 0.2) is 0 Å². The highest BCUT2D eigenvalue weighted by Crippen LogP contribution is 2.25. The maximum absolute atomic E-state index is 9.28. The van der Waals surface area contributed by atoms with Crippen LogP contribution < -0.4 is 0 Å². The minimum absolute atomic E-state index is 0.400. The Bertz CT molecular complexity index is 821. The standard InChI is InChI=1S/3C9H12O.H3O3P/c3*1-7(2)8-5-3-4-6-9(8)10;1-4(2)3/h3*3-7,10H,1-2H3;1-3H. The Labute approximate surface area is 204 Å². The molecule has 0 aliphatic heterocycles. The molecule has 3 aromatic carbocycles. The van der Waals surface area contributed by atoms with Crippen LogP contribution >= 0.6 is 8.60 Å². The van der Waals surface area contributed by atoms with E-state index in [4.69, 9.17) is 14.7 Å². The smallest absolute Gasteiger partial charge is 0.324 e. The van der Waals surface area contributed by atoms with Crippen molar-refractivity contribution < 1.29 is 30.0 Å². The fraction of sp³-hybridized carbons (Fsp3) is 0.333. The van der Waals surface area contributed by atoms with Crippen molar-refractivity contribution in [2.24, 2.45) is 0 Å². The van der Waals surface area contributed by atoms with Crippen LogP contribution in [0.15, 0.2) is 72.8 Å². The molecule has 6 nitrogen and oxygen atoms in total. The van der Waals surface area contributed by atoms with Gasteiger partial charge in [-0.05, 0) is 52.6 Å². The number of benzene rings is 3. The monoisotopic (exact) mass is 490 g/mol. The van der Waals surface area contributed by atoms with E-state index in [1.165, 1.54) is 0 Å². The van der Waals surface area contributed by atoms with Gasteiger partial charge in [-0.1, -0.05) is 96.1 Å². The lowest BCUT2D eigenvalue weighted by Crippen LogP contribution is -1.85. The molecule has 0 aliphatic carbocycles. The first kappa shape index (κ1) is 31.4. The highest BCUT2D eigenvalue weighted by molar-refractivity contribution is 7.38. The van der Waals surface area contributed by atoms with Crippen molar-refractivity contribution in [1.82, 2.24) is 0 Å². The van der Waals surface area contributed by atoms with E-state index < -0.39 is 8.60 Å². The van der Waals surface area contributed by atoms with Crippen LogP contribution in [-0.2, 0) is 0 Å². The summed E-state index contributed by atoms with van der Waals surface area (Å²) in [4.78, 5) is 21.7. The molecular weight excluding hydrogens is 451 g/mol. The first-order valence-corrected chi connectivity index (χ1v) is 12.3. The summed E-state index contributed by atoms with van der Waals surface area (Å²) in [6.45, 7) is 12.4. The Morgan fingerprint density at radius 1 is 0.441 bits per heavy atom. The van der Waals surface area contributed by atoms with Gasteiger partial charge in [0.1, 0.15) is 17.2 Å². The SMILES string of the molecule is CC(C)c1ccccc1O.CC(C)c1ccccc1O.CC(C)c1ccccc1O.OP(O)O. The third-order valence-corrected chi connectivity index (χ3v) is 4.68. The van der Waals surface area contributed by atoms with Gasteiger partial charge >= 0.3 is 8.60 Å². The maximum atomic E-state index is 9.28. The zero-order chi connectivity index (χ0) is 26.3. The average Bonchev–Trinajstić information content (AvgIpc) is 2.74. The van der Waals surface area contributed by atoms with E-state index in [1.807, 2.05) is 54.6 Å². The van der Waals surface area contributed by atoms with E-state index in [0.717, 1.165) is 16.7 Å². The number of hydrogen-bond donors (Lipinski definition) is 6. The van der Waals surface area contributed by atoms with Gasteiger partial charge in [-0.3, -0.25) is 0 Å². The van der Waals surface area contributed by atoms with E-state index >= 15 is 0 Å². The second-order valence-electron chi connectivity index (χ2n) is 8.41. The molecule has 0 aliphatic rings. The Hall–Kier alpha value is -2.63. The van der Waals surface area contributed by atoms with Crippen molar-refractivity contribution in [2.45, 2.75) is 59.3 Å². The van der Waals surface area contributed by atoms with E-state index in [-0.39, 0.29) is 0 Å². The van der Waals surface area contributed by atoms with E-state index in [2.05, 4.69) is 41.5 Å². The first-order valence-electron chi connectivity index (χ1n) is 11.1. The molecule has 0 fully saturated rings. The normalized spacial score (nSPS) is 10.1. The predicted molar refractivity (Wildman–Crippen MR) is 140 cm³/mol. The summed E-state index contributed by atoms with van der Waals surface area (Å²) >= 11 is 0. The molecule has 3 aromatic rings. The summed E-state index contributed by atoms with van der Waals surface area (Å²) in [7, 11) is -2.62. The minimum atomic E-state index is -2.62. The fourth-order valence-electron chi connectivity index (χ4n) is 2.93. The molecule has 0 unspecified atom stereocenters. The second kappa shape index (κ2) is 16.9. The maximum Gasteiger partial charge on any atom is 0.324 e. The van der Waals surface area contributed by atoms with Crippen LogP contribution in [0.3, 0.4) is 0 Å². The molecule has 3 rings (SSSR count). The molecule has 0 atom stereocenters. The summed E-state index contributed by atoms with van der Waals surface area (Å²) in [5.41, 5.74) is 3.05. The number of rotatable bonds is 3. The summed E-state index contributed by atoms with van der Waals surface area (Å²) in [5.74, 6) is 2.41. The van der Waals surface area contributed by atoms with Crippen LogP contribution in [0.1, 0.15) is 76.0 Å². The Kier molecular flexibility index (Phi) is 15.6. The largest absolute Gasteiger partial charge is 0.508 e. The Balaban J connectivity index is 0.000000445. The van der Waals surface area contributed by atoms with Crippen molar-refractivity contribution >= 4 is 8.60 Å². The molecule has 0 radical (unpaired) electrons. The van der Waals surface area contributed by atoms with E-state index in [9.17, 15) is 15.3 Å². The van der Waals surface area contributed by atoms with Crippen LogP contribution in [-0.4, -0.2) is 30.0 Å². The molecule has 0 heterocycles. The lowest BCUT2D eigenvalue weighted by Gasteiger charge is -2.05. The van der Waals surface area contributed by atoms with Gasteiger partial charge in [-0.25, -0.2) is 0 Å². The van der Waals surface area contributed by atoms with Gasteiger partial charge in [0, 0.05) is 0 Å². The van der Waals surface area contributed by atoms with Crippen LogP contribution in [0.2, 0.25) is 0 Å². The molecule has 188 valence electrons. The zero-order valence-electron chi connectivity index (χ0n) is 20.8. The van der Waals surface area contributed by atoms with Crippen molar-refractivity contribution in [3.63, 3.8) is 0 Å². The molecule has 0 aromatic heterocycles. The van der Waals surface area contributed by atoms with Crippen LogP contribution in [0, 0.1) is 0 Å². The Morgan fingerprint density at radius 2 is 0.618 bits per heavy atom. The number of para-hydroxylation sites is 3. The van der Waals surface area contributed by atoms with Gasteiger partial charge in [0.05, 0.1) is 0 Å². The topological polar surface area (TPSA) is 121 Å². The molecular formula is C27H39O6P. The van der Waals surface area contributed by atoms with Crippen molar-refractivity contribution in [2.75, 3.05) is 0 Å². The molecule has 0 saturated heterocycles. The quantitative estimate of drug-likeness (QED) is 0.226. The summed E-state index contributed by atoms with van der Waals surface area (Å²) in [6, 6.07) is 22.3. The van der Waals surface area contributed by atoms with Crippen molar-refractivity contribution in [1.29, 1.82) is 0 Å². The van der Waals surface area contributed by atoms with E-state index in [0.29, 0.717) is 35.0 Å². The van der Waals surface area contributed by atoms with Crippen LogP contribution in [0.25, 0.3) is 0 Å². The number of phenols is 3. The molecule has 0 amide bonds. The number of aromatic hydroxyl groups is 3. The lowest BCUT2D eigenvalue weighted by atomic mass is 10.0. The van der Waals surface area contributed by atoms with Gasteiger partial charge in [-0.2, -0.15) is 0 Å². The molecule has 6 N–H and O–H groups in total. The lowest BCUT2D eigenvalue weighted by molar-refractivity contribution is 0.368. The molecule has 7 heteroatoms. The van der Waals surface area contributed by atoms with Gasteiger partial charge in [-0.15, -0.1) is 0 Å². The third kappa shape index (κ3) is 13.2. The molecule has 34 heavy (non-hydrogen) atoms. The fourth-order valence-corrected chi connectivity index (χ4v) is 2.93. The van der Waals surface area contributed by atoms with E-state index in [1.54, 1.807) is 18.2 Å². The summed E-state index contributed by atoms with van der Waals surface area (Å²) in [5, 5.41) is 27.8. The minimum Gasteiger partial charge on any atom is -0.508 e. The second-order valence-corrected chi connectivity index (χ2v) is 8.95. The summed E-state index contributed by atoms with van der Waals surface area (Å²) < 4.78 is 0. The number of phenolic OH excluding ortho intramolecular Hbond substituents is 3. The first-order chi connectivity index (χ1) is 15.9. The highest BCUT2D eigenvalue weighted by atomic mass is 31.2. The number of hydrogen-bond acceptors (Lipinski definition) is 6. The van der Waals surface area contributed by atoms with Crippen molar-refractivity contribution in [3.8, 4) is 17.2 Å². The van der Waals surface area contributed by atoms with Crippen LogP contribution in [0.4, 0.5) is 0 Å². The molecule has 0 spiro atoms. The van der Waals surface area contributed by atoms with Gasteiger partial charge in [0.25, 0.3) is 0 Å². The van der Waals surface area contributed by atoms with Gasteiger partial charge < -0.3 is 30.0 Å². The predicted octanol–water partition coefficient (Wildman–Crippen LogP) is 6.74. The van der Waals surface area contributed by atoms with Gasteiger partial charge in [0.2, 0.25) is 0 Å². The zero-order valence-corrected chi connectivity index (χ0v) is 21.7. The highest BCUT2D eigenvalue weighted by Gasteiger charge is 2.03. The molecule has 0 saturated carbocycles. The summed E-state index contributed by atoms with van der Waals surface area (Å²) in [6.07, 6.45) is 0. The molecule has 0 bridgehead atoms. The van der Waals surface area contributed by atoms with Crippen LogP contribution in [0.5, 0.6) is 17.2 Å². The Morgan fingerprint density at radius 3 is 0.735 bits per heavy atom.